The van der Waals surface area contributed by atoms with E-state index in [2.05, 4.69) is 16.9 Å². The van der Waals surface area contributed by atoms with Gasteiger partial charge in [0.05, 0.1) is 12.6 Å². The van der Waals surface area contributed by atoms with Crippen molar-refractivity contribution in [2.75, 3.05) is 44.7 Å². The van der Waals surface area contributed by atoms with Gasteiger partial charge in [-0.15, -0.1) is 0 Å². The van der Waals surface area contributed by atoms with Gasteiger partial charge in [0.25, 0.3) is 6.01 Å². The number of nitrogens with two attached hydrogens (primary N) is 1. The predicted molar refractivity (Wildman–Crippen MR) is 70.1 cm³/mol. The molecule has 1 atom stereocenters. The SMILES string of the molecule is CCOC(=O)c1coc(N2CCN(C)CC2CN)n1. The minimum atomic E-state index is -0.462. The third-order valence-corrected chi connectivity index (χ3v) is 3.18. The summed E-state index contributed by atoms with van der Waals surface area (Å²) < 4.78 is 10.3. The molecule has 1 fully saturated rings. The van der Waals surface area contributed by atoms with Gasteiger partial charge in [0, 0.05) is 26.2 Å². The standard InChI is InChI=1S/C12H20N4O3/c1-3-18-11(17)10-8-19-12(14-10)16-5-4-15(2)7-9(16)6-13/h8-9H,3-7,13H2,1-2H3. The van der Waals surface area contributed by atoms with Crippen molar-refractivity contribution >= 4 is 12.0 Å². The van der Waals surface area contributed by atoms with Crippen molar-refractivity contribution in [3.05, 3.63) is 12.0 Å². The normalized spacial score (nSPS) is 20.6. The Balaban J connectivity index is 2.10. The largest absolute Gasteiger partial charge is 0.461 e. The fourth-order valence-corrected chi connectivity index (χ4v) is 2.16. The van der Waals surface area contributed by atoms with Crippen LogP contribution >= 0.6 is 0 Å². The molecular weight excluding hydrogens is 248 g/mol. The van der Waals surface area contributed by atoms with Crippen LogP contribution < -0.4 is 10.6 Å². The van der Waals surface area contributed by atoms with Gasteiger partial charge in [-0.05, 0) is 14.0 Å². The zero-order valence-corrected chi connectivity index (χ0v) is 11.3. The third-order valence-electron chi connectivity index (χ3n) is 3.18. The average Bonchev–Trinajstić information content (AvgIpc) is 2.88. The Morgan fingerprint density at radius 3 is 3.11 bits per heavy atom. The first-order valence-corrected chi connectivity index (χ1v) is 6.43. The van der Waals surface area contributed by atoms with E-state index in [1.807, 2.05) is 4.90 Å². The maximum Gasteiger partial charge on any atom is 0.360 e. The average molecular weight is 268 g/mol. The highest BCUT2D eigenvalue weighted by Crippen LogP contribution is 2.19. The summed E-state index contributed by atoms with van der Waals surface area (Å²) >= 11 is 0. The molecule has 106 valence electrons. The van der Waals surface area contributed by atoms with Crippen LogP contribution in [-0.2, 0) is 4.74 Å². The van der Waals surface area contributed by atoms with Crippen molar-refractivity contribution in [1.82, 2.24) is 9.88 Å². The van der Waals surface area contributed by atoms with Crippen molar-refractivity contribution in [3.63, 3.8) is 0 Å². The summed E-state index contributed by atoms with van der Waals surface area (Å²) in [6.07, 6.45) is 1.33. The molecule has 1 aliphatic rings. The molecule has 7 heteroatoms. The summed E-state index contributed by atoms with van der Waals surface area (Å²) in [7, 11) is 2.06. The van der Waals surface area contributed by atoms with E-state index in [0.717, 1.165) is 19.6 Å². The number of carbonyl (C=O) groups excluding carboxylic acids is 1. The third kappa shape index (κ3) is 3.05. The lowest BCUT2D eigenvalue weighted by molar-refractivity contribution is 0.0519. The lowest BCUT2D eigenvalue weighted by atomic mass is 10.2. The summed E-state index contributed by atoms with van der Waals surface area (Å²) in [4.78, 5) is 19.9. The van der Waals surface area contributed by atoms with Gasteiger partial charge in [-0.2, -0.15) is 4.98 Å². The molecule has 0 amide bonds. The summed E-state index contributed by atoms with van der Waals surface area (Å²) in [6.45, 7) is 5.13. The van der Waals surface area contributed by atoms with Gasteiger partial charge in [0.1, 0.15) is 6.26 Å². The molecule has 1 saturated heterocycles. The van der Waals surface area contributed by atoms with Crippen LogP contribution in [0.4, 0.5) is 6.01 Å². The molecule has 1 aromatic heterocycles. The van der Waals surface area contributed by atoms with Crippen molar-refractivity contribution in [2.24, 2.45) is 5.73 Å². The Bertz CT molecular complexity index is 434. The molecule has 0 spiro atoms. The van der Waals surface area contributed by atoms with Gasteiger partial charge in [-0.25, -0.2) is 4.79 Å². The van der Waals surface area contributed by atoms with Gasteiger partial charge >= 0.3 is 5.97 Å². The molecule has 7 nitrogen and oxygen atoms in total. The molecule has 0 aromatic carbocycles. The highest BCUT2D eigenvalue weighted by atomic mass is 16.5. The van der Waals surface area contributed by atoms with Gasteiger partial charge < -0.3 is 24.7 Å². The van der Waals surface area contributed by atoms with E-state index in [0.29, 0.717) is 19.2 Å². The van der Waals surface area contributed by atoms with E-state index >= 15 is 0 Å². The lowest BCUT2D eigenvalue weighted by Gasteiger charge is -2.38. The molecule has 1 unspecified atom stereocenters. The second kappa shape index (κ2) is 6.03. The topological polar surface area (TPSA) is 84.8 Å². The fourth-order valence-electron chi connectivity index (χ4n) is 2.16. The number of anilines is 1. The van der Waals surface area contributed by atoms with Gasteiger partial charge in [-0.3, -0.25) is 0 Å². The minimum absolute atomic E-state index is 0.146. The van der Waals surface area contributed by atoms with Gasteiger partial charge in [-0.1, -0.05) is 0 Å². The molecule has 1 aromatic rings. The highest BCUT2D eigenvalue weighted by molar-refractivity contribution is 5.87. The number of nitrogens with zero attached hydrogens (tertiary/aromatic N) is 3. The number of hydrogen-bond donors (Lipinski definition) is 1. The van der Waals surface area contributed by atoms with Crippen molar-refractivity contribution in [3.8, 4) is 0 Å². The van der Waals surface area contributed by atoms with Crippen LogP contribution in [0.5, 0.6) is 0 Å². The number of aromatic nitrogens is 1. The zero-order chi connectivity index (χ0) is 13.8. The Hall–Kier alpha value is -1.60. The number of likely N-dealkylation sites (N-methyl/N-ethyl adjacent to an activating group) is 1. The van der Waals surface area contributed by atoms with Crippen molar-refractivity contribution < 1.29 is 13.9 Å². The minimum Gasteiger partial charge on any atom is -0.461 e. The first kappa shape index (κ1) is 13.8. The fraction of sp³-hybridized carbons (Fsp3) is 0.667. The molecule has 0 bridgehead atoms. The highest BCUT2D eigenvalue weighted by Gasteiger charge is 2.28. The van der Waals surface area contributed by atoms with E-state index < -0.39 is 5.97 Å². The number of carbonyl (C=O) groups is 1. The smallest absolute Gasteiger partial charge is 0.360 e. The monoisotopic (exact) mass is 268 g/mol. The Labute approximate surface area is 112 Å². The van der Waals surface area contributed by atoms with Crippen molar-refractivity contribution in [2.45, 2.75) is 13.0 Å². The maximum absolute atomic E-state index is 11.5. The second-order valence-corrected chi connectivity index (χ2v) is 4.58. The van der Waals surface area contributed by atoms with E-state index in [1.165, 1.54) is 6.26 Å². The van der Waals surface area contributed by atoms with Gasteiger partial charge in [0.2, 0.25) is 0 Å². The summed E-state index contributed by atoms with van der Waals surface area (Å²) in [5.41, 5.74) is 5.98. The van der Waals surface area contributed by atoms with E-state index in [1.54, 1.807) is 6.92 Å². The summed E-state index contributed by atoms with van der Waals surface area (Å²) in [5.74, 6) is -0.462. The molecule has 0 aliphatic carbocycles. The summed E-state index contributed by atoms with van der Waals surface area (Å²) in [5, 5.41) is 0. The predicted octanol–water partition coefficient (Wildman–Crippen LogP) is -0.0696. The molecule has 19 heavy (non-hydrogen) atoms. The molecule has 0 saturated carbocycles. The molecule has 2 rings (SSSR count). The number of ether oxygens (including phenoxy) is 1. The first-order chi connectivity index (χ1) is 9.15. The molecule has 1 aliphatic heterocycles. The molecule has 0 radical (unpaired) electrons. The van der Waals surface area contributed by atoms with Crippen LogP contribution in [0.15, 0.2) is 10.7 Å². The number of oxazole rings is 1. The first-order valence-electron chi connectivity index (χ1n) is 6.43. The van der Waals surface area contributed by atoms with Crippen LogP contribution in [0.25, 0.3) is 0 Å². The number of rotatable bonds is 4. The van der Waals surface area contributed by atoms with E-state index in [9.17, 15) is 4.79 Å². The van der Waals surface area contributed by atoms with Crippen LogP contribution in [0.1, 0.15) is 17.4 Å². The Morgan fingerprint density at radius 1 is 1.63 bits per heavy atom. The quantitative estimate of drug-likeness (QED) is 0.765. The van der Waals surface area contributed by atoms with Crippen LogP contribution in [0.3, 0.4) is 0 Å². The molecular formula is C12H20N4O3. The number of esters is 1. The molecule has 2 heterocycles. The van der Waals surface area contributed by atoms with E-state index in [4.69, 9.17) is 14.9 Å². The van der Waals surface area contributed by atoms with Gasteiger partial charge in [0.15, 0.2) is 5.69 Å². The lowest BCUT2D eigenvalue weighted by Crippen LogP contribution is -2.55. The van der Waals surface area contributed by atoms with Crippen molar-refractivity contribution in [1.29, 1.82) is 0 Å². The summed E-state index contributed by atoms with van der Waals surface area (Å²) in [6, 6.07) is 0.582. The van der Waals surface area contributed by atoms with Crippen LogP contribution in [-0.4, -0.2) is 61.7 Å². The number of hydrogen-bond acceptors (Lipinski definition) is 7. The van der Waals surface area contributed by atoms with Crippen LogP contribution in [0.2, 0.25) is 0 Å². The Morgan fingerprint density at radius 2 is 2.42 bits per heavy atom. The number of piperazine rings is 1. The van der Waals surface area contributed by atoms with Crippen LogP contribution in [0, 0.1) is 0 Å². The zero-order valence-electron chi connectivity index (χ0n) is 11.3. The second-order valence-electron chi connectivity index (χ2n) is 4.58. The van der Waals surface area contributed by atoms with E-state index in [-0.39, 0.29) is 11.7 Å². The Kier molecular flexibility index (Phi) is 4.39. The molecule has 2 N–H and O–H groups in total. The maximum atomic E-state index is 11.5.